The van der Waals surface area contributed by atoms with Crippen molar-refractivity contribution in [2.24, 2.45) is 11.8 Å². The molecule has 0 aromatic carbocycles. The van der Waals surface area contributed by atoms with Gasteiger partial charge in [0.25, 0.3) is 0 Å². The molecule has 4 heteroatoms. The number of hydrogen-bond donors (Lipinski definition) is 2. The molecule has 0 aliphatic carbocycles. The molecule has 0 radical (unpaired) electrons. The van der Waals surface area contributed by atoms with Crippen molar-refractivity contribution in [1.29, 1.82) is 0 Å². The Morgan fingerprint density at radius 2 is 2.11 bits per heavy atom. The zero-order valence-electron chi connectivity index (χ0n) is 11.6. The van der Waals surface area contributed by atoms with Crippen molar-refractivity contribution in [2.45, 2.75) is 63.5 Å². The molecule has 0 bridgehead atoms. The van der Waals surface area contributed by atoms with E-state index in [1.54, 1.807) is 0 Å². The van der Waals surface area contributed by atoms with E-state index in [1.165, 1.54) is 19.3 Å². The monoisotopic (exact) mass is 256 g/mol. The maximum Gasteiger partial charge on any atom is 0.0729 e. The Morgan fingerprint density at radius 3 is 2.78 bits per heavy atom. The Balaban J connectivity index is 1.91. The molecule has 0 aromatic heterocycles. The lowest BCUT2D eigenvalue weighted by atomic mass is 9.77. The molecule has 106 valence electrons. The van der Waals surface area contributed by atoms with Gasteiger partial charge in [0.1, 0.15) is 0 Å². The van der Waals surface area contributed by atoms with Crippen molar-refractivity contribution in [3.8, 4) is 0 Å². The van der Waals surface area contributed by atoms with Gasteiger partial charge in [0.15, 0.2) is 0 Å². The quantitative estimate of drug-likeness (QED) is 0.583. The summed E-state index contributed by atoms with van der Waals surface area (Å²) in [7, 11) is 0. The Hall–Kier alpha value is -0.160. The Morgan fingerprint density at radius 1 is 1.33 bits per heavy atom. The van der Waals surface area contributed by atoms with E-state index >= 15 is 0 Å². The minimum atomic E-state index is 0.0858. The van der Waals surface area contributed by atoms with Crippen LogP contribution in [0.25, 0.3) is 0 Å². The molecule has 0 saturated carbocycles. The molecule has 2 aliphatic heterocycles. The number of hydrogen-bond acceptors (Lipinski definition) is 4. The van der Waals surface area contributed by atoms with Crippen LogP contribution in [0.5, 0.6) is 0 Å². The van der Waals surface area contributed by atoms with E-state index in [4.69, 9.17) is 15.3 Å². The summed E-state index contributed by atoms with van der Waals surface area (Å²) in [6.07, 6.45) is 8.06. The van der Waals surface area contributed by atoms with E-state index in [2.05, 4.69) is 12.3 Å². The predicted molar refractivity (Wildman–Crippen MR) is 72.1 cm³/mol. The molecule has 2 atom stereocenters. The molecule has 1 spiro atoms. The van der Waals surface area contributed by atoms with Crippen LogP contribution in [0.4, 0.5) is 0 Å². The minimum Gasteiger partial charge on any atom is -0.381 e. The number of ether oxygens (including phenoxy) is 2. The summed E-state index contributed by atoms with van der Waals surface area (Å²) in [6.45, 7) is 4.82. The van der Waals surface area contributed by atoms with E-state index in [0.717, 1.165) is 45.5 Å². The van der Waals surface area contributed by atoms with Gasteiger partial charge in [0.2, 0.25) is 0 Å². The first-order valence-corrected chi connectivity index (χ1v) is 7.47. The molecule has 2 aliphatic rings. The van der Waals surface area contributed by atoms with Crippen molar-refractivity contribution in [3.63, 3.8) is 0 Å². The third-order valence-corrected chi connectivity index (χ3v) is 4.59. The molecule has 3 N–H and O–H groups in total. The van der Waals surface area contributed by atoms with Crippen molar-refractivity contribution >= 4 is 0 Å². The maximum absolute atomic E-state index is 6.09. The fraction of sp³-hybridized carbons (Fsp3) is 1.00. The van der Waals surface area contributed by atoms with Crippen LogP contribution in [0.15, 0.2) is 0 Å². The molecule has 0 aromatic rings. The van der Waals surface area contributed by atoms with Crippen LogP contribution >= 0.6 is 0 Å². The SMILES string of the molecule is CCCCC(NN)C1CCOC2(CCOCC2)C1. The normalized spacial score (nSPS) is 29.3. The molecule has 2 unspecified atom stereocenters. The largest absolute Gasteiger partial charge is 0.381 e. The maximum atomic E-state index is 6.09. The van der Waals surface area contributed by atoms with Gasteiger partial charge < -0.3 is 9.47 Å². The van der Waals surface area contributed by atoms with Crippen LogP contribution in [0.2, 0.25) is 0 Å². The standard InChI is InChI=1S/C14H28N2O2/c1-2-3-4-13(16-15)12-5-8-18-14(11-12)6-9-17-10-7-14/h12-13,16H,2-11,15H2,1H3. The van der Waals surface area contributed by atoms with Gasteiger partial charge in [-0.15, -0.1) is 0 Å². The van der Waals surface area contributed by atoms with Crippen molar-refractivity contribution in [3.05, 3.63) is 0 Å². The molecule has 2 fully saturated rings. The van der Waals surface area contributed by atoms with Gasteiger partial charge in [-0.25, -0.2) is 0 Å². The molecule has 2 saturated heterocycles. The molecular formula is C14H28N2O2. The average molecular weight is 256 g/mol. The Kier molecular flexibility index (Phi) is 5.42. The van der Waals surface area contributed by atoms with Gasteiger partial charge in [0, 0.05) is 25.9 Å². The lowest BCUT2D eigenvalue weighted by Gasteiger charge is -2.45. The van der Waals surface area contributed by atoms with Gasteiger partial charge in [-0.05, 0) is 38.0 Å². The molecule has 2 rings (SSSR count). The van der Waals surface area contributed by atoms with Crippen LogP contribution in [0.3, 0.4) is 0 Å². The zero-order valence-corrected chi connectivity index (χ0v) is 11.6. The van der Waals surface area contributed by atoms with Gasteiger partial charge in [-0.2, -0.15) is 0 Å². The summed E-state index contributed by atoms with van der Waals surface area (Å²) >= 11 is 0. The van der Waals surface area contributed by atoms with Crippen LogP contribution in [-0.4, -0.2) is 31.5 Å². The summed E-state index contributed by atoms with van der Waals surface area (Å²) in [5.41, 5.74) is 3.13. The number of nitrogens with two attached hydrogens (primary N) is 1. The lowest BCUT2D eigenvalue weighted by Crippen LogP contribution is -2.50. The summed E-state index contributed by atoms with van der Waals surface area (Å²) in [5.74, 6) is 6.41. The highest BCUT2D eigenvalue weighted by Crippen LogP contribution is 2.38. The van der Waals surface area contributed by atoms with Crippen molar-refractivity contribution < 1.29 is 9.47 Å². The fourth-order valence-corrected chi connectivity index (χ4v) is 3.38. The van der Waals surface area contributed by atoms with Crippen molar-refractivity contribution in [2.75, 3.05) is 19.8 Å². The average Bonchev–Trinajstić information content (AvgIpc) is 2.41. The minimum absolute atomic E-state index is 0.0858. The van der Waals surface area contributed by atoms with E-state index in [9.17, 15) is 0 Å². The second-order valence-electron chi connectivity index (χ2n) is 5.81. The van der Waals surface area contributed by atoms with E-state index < -0.39 is 0 Å². The third kappa shape index (κ3) is 3.44. The van der Waals surface area contributed by atoms with E-state index in [0.29, 0.717) is 12.0 Å². The highest BCUT2D eigenvalue weighted by atomic mass is 16.5. The lowest BCUT2D eigenvalue weighted by molar-refractivity contribution is -0.150. The fourth-order valence-electron chi connectivity index (χ4n) is 3.38. The van der Waals surface area contributed by atoms with Crippen LogP contribution in [0.1, 0.15) is 51.9 Å². The third-order valence-electron chi connectivity index (χ3n) is 4.59. The number of nitrogens with one attached hydrogen (secondary N) is 1. The number of hydrazine groups is 1. The topological polar surface area (TPSA) is 56.5 Å². The second-order valence-corrected chi connectivity index (χ2v) is 5.81. The van der Waals surface area contributed by atoms with E-state index in [-0.39, 0.29) is 5.60 Å². The smallest absolute Gasteiger partial charge is 0.0729 e. The summed E-state index contributed by atoms with van der Waals surface area (Å²) in [4.78, 5) is 0. The van der Waals surface area contributed by atoms with Gasteiger partial charge in [-0.3, -0.25) is 11.3 Å². The van der Waals surface area contributed by atoms with Gasteiger partial charge in [-0.1, -0.05) is 19.8 Å². The van der Waals surface area contributed by atoms with Crippen LogP contribution in [0, 0.1) is 5.92 Å². The van der Waals surface area contributed by atoms with E-state index in [1.807, 2.05) is 0 Å². The molecular weight excluding hydrogens is 228 g/mol. The first kappa shape index (κ1) is 14.3. The molecule has 0 amide bonds. The number of rotatable bonds is 5. The summed E-state index contributed by atoms with van der Waals surface area (Å²) in [6, 6.07) is 0.452. The zero-order chi connectivity index (χ0) is 12.8. The highest BCUT2D eigenvalue weighted by molar-refractivity contribution is 4.92. The van der Waals surface area contributed by atoms with Gasteiger partial charge in [0.05, 0.1) is 5.60 Å². The van der Waals surface area contributed by atoms with Crippen molar-refractivity contribution in [1.82, 2.24) is 5.43 Å². The number of unbranched alkanes of at least 4 members (excludes halogenated alkanes) is 1. The molecule has 18 heavy (non-hydrogen) atoms. The molecule has 4 nitrogen and oxygen atoms in total. The first-order valence-electron chi connectivity index (χ1n) is 7.47. The summed E-state index contributed by atoms with van der Waals surface area (Å²) < 4.78 is 11.6. The predicted octanol–water partition coefficient (Wildman–Crippen LogP) is 1.98. The highest BCUT2D eigenvalue weighted by Gasteiger charge is 2.40. The van der Waals surface area contributed by atoms with Crippen LogP contribution < -0.4 is 11.3 Å². The first-order chi connectivity index (χ1) is 8.79. The molecule has 2 heterocycles. The Labute approximate surface area is 111 Å². The van der Waals surface area contributed by atoms with Gasteiger partial charge >= 0.3 is 0 Å². The Bertz CT molecular complexity index is 236. The summed E-state index contributed by atoms with van der Waals surface area (Å²) in [5, 5.41) is 0. The second kappa shape index (κ2) is 6.85. The van der Waals surface area contributed by atoms with Crippen LogP contribution in [-0.2, 0) is 9.47 Å².